The van der Waals surface area contributed by atoms with Gasteiger partial charge in [-0.15, -0.1) is 34.9 Å². The van der Waals surface area contributed by atoms with E-state index in [0.29, 0.717) is 0 Å². The predicted molar refractivity (Wildman–Crippen MR) is 135 cm³/mol. The predicted octanol–water partition coefficient (Wildman–Crippen LogP) is 7.71. The van der Waals surface area contributed by atoms with Gasteiger partial charge in [-0.1, -0.05) is 79.7 Å². The molecule has 0 atom stereocenters. The van der Waals surface area contributed by atoms with Crippen molar-refractivity contribution < 1.29 is 30.0 Å². The summed E-state index contributed by atoms with van der Waals surface area (Å²) in [5, 5.41) is 10.7. The number of rotatable bonds is 2. The van der Waals surface area contributed by atoms with Crippen molar-refractivity contribution in [3.8, 4) is 11.3 Å². The fourth-order valence-corrected chi connectivity index (χ4v) is 2.95. The monoisotopic (exact) mass is 623 g/mol. The molecule has 2 aromatic carbocycles. The summed E-state index contributed by atoms with van der Waals surface area (Å²) in [5.74, 6) is 0.104. The molecule has 0 unspecified atom stereocenters. The Morgan fingerprint density at radius 1 is 0.909 bits per heavy atom. The van der Waals surface area contributed by atoms with Gasteiger partial charge in [0, 0.05) is 37.0 Å². The minimum Gasteiger partial charge on any atom is -0.512 e. The van der Waals surface area contributed by atoms with Crippen LogP contribution in [0.5, 0.6) is 0 Å². The van der Waals surface area contributed by atoms with Gasteiger partial charge >= 0.3 is 0 Å². The van der Waals surface area contributed by atoms with Gasteiger partial charge in [0.15, 0.2) is 5.78 Å². The summed E-state index contributed by atoms with van der Waals surface area (Å²) < 4.78 is 0. The van der Waals surface area contributed by atoms with Gasteiger partial charge in [-0.25, -0.2) is 0 Å². The van der Waals surface area contributed by atoms with Gasteiger partial charge < -0.3 is 5.11 Å². The maximum Gasteiger partial charge on any atom is 0.164 e. The third kappa shape index (κ3) is 8.21. The van der Waals surface area contributed by atoms with Crippen molar-refractivity contribution >= 4 is 16.7 Å². The molecule has 1 heterocycles. The summed E-state index contributed by atoms with van der Waals surface area (Å²) in [5.41, 5.74) is 6.06. The number of aliphatic hydroxyl groups excluding tert-OH is 1. The molecule has 1 N–H and O–H groups in total. The van der Waals surface area contributed by atoms with Crippen LogP contribution in [0, 0.1) is 37.7 Å². The van der Waals surface area contributed by atoms with Crippen LogP contribution >= 0.6 is 0 Å². The summed E-state index contributed by atoms with van der Waals surface area (Å²) in [7, 11) is 0. The summed E-state index contributed by atoms with van der Waals surface area (Å²) >= 11 is 0. The minimum atomic E-state index is -0.417. The Morgan fingerprint density at radius 3 is 2.06 bits per heavy atom. The van der Waals surface area contributed by atoms with Gasteiger partial charge in [0.2, 0.25) is 0 Å². The Bertz CT molecular complexity index is 1150. The molecular formula is C29H36IrNO2-. The van der Waals surface area contributed by atoms with Crippen LogP contribution < -0.4 is 0 Å². The molecule has 0 spiro atoms. The van der Waals surface area contributed by atoms with E-state index in [4.69, 9.17) is 4.98 Å². The van der Waals surface area contributed by atoms with E-state index < -0.39 is 5.41 Å². The van der Waals surface area contributed by atoms with E-state index in [0.717, 1.165) is 16.8 Å². The van der Waals surface area contributed by atoms with Crippen LogP contribution in [0.3, 0.4) is 0 Å². The zero-order valence-electron chi connectivity index (χ0n) is 21.3. The molecule has 0 saturated carbocycles. The van der Waals surface area contributed by atoms with Crippen LogP contribution in [-0.2, 0) is 24.9 Å². The molecule has 1 radical (unpaired) electrons. The van der Waals surface area contributed by atoms with Crippen molar-refractivity contribution in [1.29, 1.82) is 0 Å². The molecule has 3 nitrogen and oxygen atoms in total. The smallest absolute Gasteiger partial charge is 0.164 e. The molecule has 3 rings (SSSR count). The first-order chi connectivity index (χ1) is 14.7. The van der Waals surface area contributed by atoms with Crippen LogP contribution in [0.2, 0.25) is 0 Å². The molecule has 0 saturated heterocycles. The van der Waals surface area contributed by atoms with E-state index in [-0.39, 0.29) is 37.1 Å². The van der Waals surface area contributed by atoms with Crippen molar-refractivity contribution in [2.24, 2.45) is 10.8 Å². The number of ketones is 1. The Kier molecular flexibility index (Phi) is 9.78. The Morgan fingerprint density at radius 2 is 1.52 bits per heavy atom. The van der Waals surface area contributed by atoms with Gasteiger partial charge in [-0.3, -0.25) is 9.78 Å². The van der Waals surface area contributed by atoms with E-state index in [1.165, 1.54) is 28.2 Å². The Balaban J connectivity index is 0.000000346. The fraction of sp³-hybridized carbons (Fsp3) is 0.379. The molecule has 179 valence electrons. The van der Waals surface area contributed by atoms with Gasteiger partial charge in [-0.2, -0.15) is 0 Å². The molecule has 0 aliphatic carbocycles. The molecule has 0 bridgehead atoms. The van der Waals surface area contributed by atoms with Crippen molar-refractivity contribution in [3.63, 3.8) is 0 Å². The number of carbonyl (C=O) groups excluding carboxylic acids is 1. The number of nitrogens with zero attached hydrogens (tertiary/aromatic N) is 1. The van der Waals surface area contributed by atoms with Crippen LogP contribution in [0.25, 0.3) is 22.2 Å². The van der Waals surface area contributed by atoms with Crippen LogP contribution in [0.15, 0.2) is 54.3 Å². The van der Waals surface area contributed by atoms with E-state index in [1.807, 2.05) is 47.6 Å². The average molecular weight is 623 g/mol. The van der Waals surface area contributed by atoms with Gasteiger partial charge in [0.05, 0.1) is 5.52 Å². The largest absolute Gasteiger partial charge is 0.512 e. The number of hydrogen-bond acceptors (Lipinski definition) is 3. The van der Waals surface area contributed by atoms with Crippen LogP contribution in [-0.4, -0.2) is 15.9 Å². The summed E-state index contributed by atoms with van der Waals surface area (Å²) in [6.07, 6.45) is 1.33. The van der Waals surface area contributed by atoms with E-state index >= 15 is 0 Å². The molecular weight excluding hydrogens is 587 g/mol. The standard InChI is InChI=1S/C18H16N.C11H20O2.Ir/c1-12-5-8-16(14(3)10-12)17-9-7-15-6-4-13(2)11-18(15)19-17;1-10(2,3)8(12)7-9(13)11(4,5)6;/h4-7,9-11H,1-3H3;7,12H,1-6H3;/q-1;;/b;8-7-;. The second-order valence-electron chi connectivity index (χ2n) is 10.5. The summed E-state index contributed by atoms with van der Waals surface area (Å²) in [6.45, 7) is 17.4. The van der Waals surface area contributed by atoms with Crippen molar-refractivity contribution in [1.82, 2.24) is 4.98 Å². The first kappa shape index (κ1) is 28.7. The fourth-order valence-electron chi connectivity index (χ4n) is 2.95. The van der Waals surface area contributed by atoms with E-state index in [1.54, 1.807) is 0 Å². The van der Waals surface area contributed by atoms with Crippen molar-refractivity contribution in [2.75, 3.05) is 0 Å². The molecule has 0 aliphatic heterocycles. The van der Waals surface area contributed by atoms with Gasteiger partial charge in [0.25, 0.3) is 0 Å². The number of allylic oxidation sites excluding steroid dienone is 2. The first-order valence-electron chi connectivity index (χ1n) is 11.0. The van der Waals surface area contributed by atoms with E-state index in [9.17, 15) is 9.90 Å². The maximum absolute atomic E-state index is 11.5. The van der Waals surface area contributed by atoms with Crippen molar-refractivity contribution in [3.05, 3.63) is 77.1 Å². The maximum atomic E-state index is 11.5. The summed E-state index contributed by atoms with van der Waals surface area (Å²) in [6, 6.07) is 18.1. The van der Waals surface area contributed by atoms with E-state index in [2.05, 4.69) is 63.2 Å². The number of aromatic nitrogens is 1. The minimum absolute atomic E-state index is 0. The molecule has 0 aliphatic rings. The Hall–Kier alpha value is -2.29. The van der Waals surface area contributed by atoms with Crippen LogP contribution in [0.4, 0.5) is 0 Å². The quantitative estimate of drug-likeness (QED) is 0.181. The normalized spacial score (nSPS) is 12.0. The third-order valence-electron chi connectivity index (χ3n) is 5.16. The molecule has 4 heteroatoms. The van der Waals surface area contributed by atoms with Crippen molar-refractivity contribution in [2.45, 2.75) is 62.3 Å². The molecule has 3 aromatic rings. The second kappa shape index (κ2) is 11.2. The van der Waals surface area contributed by atoms with Gasteiger partial charge in [-0.05, 0) is 29.6 Å². The molecule has 33 heavy (non-hydrogen) atoms. The molecule has 1 aromatic heterocycles. The SMILES string of the molecule is CC(C)(C)C(=O)/C=C(\O)C(C)(C)C.Cc1c[c-]c(-c2ccc3ccc(C)cc3n2)c(C)c1.[Ir]. The number of aryl methyl sites for hydroxylation is 3. The molecule has 0 amide bonds. The third-order valence-corrected chi connectivity index (χ3v) is 5.16. The van der Waals surface area contributed by atoms with Crippen LogP contribution in [0.1, 0.15) is 58.2 Å². The zero-order valence-corrected chi connectivity index (χ0v) is 23.6. The second-order valence-corrected chi connectivity index (χ2v) is 10.5. The number of fused-ring (bicyclic) bond motifs is 1. The average Bonchev–Trinajstić information content (AvgIpc) is 2.66. The summed E-state index contributed by atoms with van der Waals surface area (Å²) in [4.78, 5) is 16.3. The first-order valence-corrected chi connectivity index (χ1v) is 11.0. The number of benzene rings is 2. The van der Waals surface area contributed by atoms with Gasteiger partial charge in [0.1, 0.15) is 5.76 Å². The number of aliphatic hydroxyl groups is 1. The Labute approximate surface area is 212 Å². The number of hydrogen-bond donors (Lipinski definition) is 1. The topological polar surface area (TPSA) is 50.2 Å². The number of carbonyl (C=O) groups is 1. The molecule has 0 fully saturated rings. The number of pyridine rings is 1. The zero-order chi connectivity index (χ0) is 24.3.